The molecule has 1 aliphatic carbocycles. The summed E-state index contributed by atoms with van der Waals surface area (Å²) in [7, 11) is -2.99. The molecule has 2 aliphatic heterocycles. The topological polar surface area (TPSA) is 92.3 Å². The van der Waals surface area contributed by atoms with Gasteiger partial charge in [-0.2, -0.15) is 0 Å². The maximum atomic E-state index is 12.7. The normalized spacial score (nSPS) is 23.6. The first-order valence-electron chi connectivity index (χ1n) is 9.22. The van der Waals surface area contributed by atoms with Crippen LogP contribution in [0.15, 0.2) is 30.6 Å². The Morgan fingerprint density at radius 1 is 1.18 bits per heavy atom. The van der Waals surface area contributed by atoms with Gasteiger partial charge in [-0.15, -0.1) is 0 Å². The molecule has 3 aliphatic rings. The molecule has 1 amide bonds. The van der Waals surface area contributed by atoms with Gasteiger partial charge in [0.15, 0.2) is 9.84 Å². The number of carbonyl (C=O) groups is 1. The summed E-state index contributed by atoms with van der Waals surface area (Å²) in [5.74, 6) is 0.414. The molecule has 146 valence electrons. The maximum Gasteiger partial charge on any atom is 0.257 e. The van der Waals surface area contributed by atoms with Gasteiger partial charge in [0.25, 0.3) is 5.91 Å². The molecule has 7 nitrogen and oxygen atoms in total. The number of amides is 1. The van der Waals surface area contributed by atoms with Crippen LogP contribution in [-0.2, 0) is 22.7 Å². The Hall–Kier alpha value is -2.19. The van der Waals surface area contributed by atoms with Crippen molar-refractivity contribution in [1.29, 1.82) is 0 Å². The molecule has 1 N–H and O–H groups in total. The molecule has 1 atom stereocenters. The Labute approximate surface area is 168 Å². The van der Waals surface area contributed by atoms with E-state index < -0.39 is 15.4 Å². The van der Waals surface area contributed by atoms with Crippen LogP contribution >= 0.6 is 11.6 Å². The highest BCUT2D eigenvalue weighted by atomic mass is 35.5. The smallest absolute Gasteiger partial charge is 0.257 e. The molecule has 1 unspecified atom stereocenters. The Morgan fingerprint density at radius 2 is 1.89 bits per heavy atom. The van der Waals surface area contributed by atoms with E-state index in [2.05, 4.69) is 15.3 Å². The van der Waals surface area contributed by atoms with Crippen LogP contribution in [0.25, 0.3) is 0 Å². The molecule has 1 aromatic heterocycles. The van der Waals surface area contributed by atoms with Crippen LogP contribution < -0.4 is 5.32 Å². The van der Waals surface area contributed by atoms with E-state index in [0.717, 1.165) is 24.3 Å². The largest absolute Gasteiger partial charge is 0.351 e. The lowest BCUT2D eigenvalue weighted by atomic mass is 9.87. The predicted octanol–water partition coefficient (Wildman–Crippen LogP) is 1.72. The second-order valence-corrected chi connectivity index (χ2v) is 10.4. The lowest BCUT2D eigenvalue weighted by molar-refractivity contribution is 0.0122. The van der Waals surface area contributed by atoms with Crippen LogP contribution in [0, 0.1) is 0 Å². The fourth-order valence-electron chi connectivity index (χ4n) is 4.47. The van der Waals surface area contributed by atoms with Gasteiger partial charge in [-0.05, 0) is 42.5 Å². The van der Waals surface area contributed by atoms with Crippen molar-refractivity contribution < 1.29 is 13.2 Å². The number of sulfone groups is 1. The number of nitrogens with zero attached hydrogens (tertiary/aromatic N) is 3. The van der Waals surface area contributed by atoms with E-state index in [1.165, 1.54) is 23.5 Å². The van der Waals surface area contributed by atoms with Gasteiger partial charge in [0.05, 0.1) is 22.6 Å². The number of benzene rings is 1. The minimum absolute atomic E-state index is 0.0679. The molecule has 0 saturated carbocycles. The van der Waals surface area contributed by atoms with Crippen molar-refractivity contribution in [2.24, 2.45) is 0 Å². The first-order valence-corrected chi connectivity index (χ1v) is 11.4. The minimum atomic E-state index is -2.99. The summed E-state index contributed by atoms with van der Waals surface area (Å²) in [6.07, 6.45) is 5.49. The minimum Gasteiger partial charge on any atom is -0.351 e. The number of aromatic nitrogens is 2. The molecule has 2 fully saturated rings. The Balaban J connectivity index is 1.24. The van der Waals surface area contributed by atoms with Crippen molar-refractivity contribution in [1.82, 2.24) is 14.9 Å². The third-order valence-corrected chi connectivity index (χ3v) is 8.12. The van der Waals surface area contributed by atoms with E-state index in [1.54, 1.807) is 4.90 Å². The first kappa shape index (κ1) is 17.9. The van der Waals surface area contributed by atoms with Crippen molar-refractivity contribution in [3.05, 3.63) is 52.3 Å². The summed E-state index contributed by atoms with van der Waals surface area (Å²) in [5, 5.41) is 4.05. The van der Waals surface area contributed by atoms with Crippen molar-refractivity contribution >= 4 is 33.3 Å². The van der Waals surface area contributed by atoms with Gasteiger partial charge in [-0.3, -0.25) is 4.79 Å². The summed E-state index contributed by atoms with van der Waals surface area (Å²) in [4.78, 5) is 22.9. The molecule has 2 saturated heterocycles. The number of fused-ring (bicyclic) bond motifs is 1. The molecule has 1 spiro atoms. The zero-order chi connectivity index (χ0) is 19.5. The van der Waals surface area contributed by atoms with E-state index in [4.69, 9.17) is 11.6 Å². The third-order valence-electron chi connectivity index (χ3n) is 5.93. The molecule has 0 bridgehead atoms. The quantitative estimate of drug-likeness (QED) is 0.815. The zero-order valence-electron chi connectivity index (χ0n) is 15.1. The second kappa shape index (κ2) is 6.15. The molecule has 9 heteroatoms. The lowest BCUT2D eigenvalue weighted by Crippen LogP contribution is -2.74. The van der Waals surface area contributed by atoms with Gasteiger partial charge in [-0.1, -0.05) is 17.7 Å². The number of nitrogens with one attached hydrogen (secondary N) is 1. The van der Waals surface area contributed by atoms with Crippen LogP contribution in [0.5, 0.6) is 0 Å². The molecule has 28 heavy (non-hydrogen) atoms. The fourth-order valence-corrected chi connectivity index (χ4v) is 6.82. The monoisotopic (exact) mass is 418 g/mol. The van der Waals surface area contributed by atoms with Crippen molar-refractivity contribution in [2.75, 3.05) is 23.4 Å². The standard InChI is InChI=1S/C19H19ClN4O3S/c20-15-2-1-12-6-16(7-13(12)5-15)23-18-21-8-14(9-22-18)17(25)24-4-3-19(24)10-28(26,27)11-19/h1-2,5,8-9,16H,3-4,6-7,10-11H2,(H,21,22,23). The summed E-state index contributed by atoms with van der Waals surface area (Å²) in [6.45, 7) is 0.581. The average molecular weight is 419 g/mol. The molecule has 3 heterocycles. The Kier molecular flexibility index (Phi) is 3.93. The Morgan fingerprint density at radius 3 is 2.54 bits per heavy atom. The van der Waals surface area contributed by atoms with Crippen LogP contribution in [-0.4, -0.2) is 58.8 Å². The number of carbonyl (C=O) groups excluding carboxylic acids is 1. The van der Waals surface area contributed by atoms with Crippen LogP contribution in [0.1, 0.15) is 27.9 Å². The molecular formula is C19H19ClN4O3S. The molecule has 2 aromatic rings. The predicted molar refractivity (Wildman–Crippen MR) is 105 cm³/mol. The van der Waals surface area contributed by atoms with Crippen LogP contribution in [0.3, 0.4) is 0 Å². The van der Waals surface area contributed by atoms with Gasteiger partial charge in [0.1, 0.15) is 0 Å². The van der Waals surface area contributed by atoms with Gasteiger partial charge in [-0.25, -0.2) is 18.4 Å². The highest BCUT2D eigenvalue weighted by molar-refractivity contribution is 7.93. The van der Waals surface area contributed by atoms with Crippen molar-refractivity contribution in [3.8, 4) is 0 Å². The first-order chi connectivity index (χ1) is 13.3. The van der Waals surface area contributed by atoms with Gasteiger partial charge < -0.3 is 10.2 Å². The number of hydrogen-bond acceptors (Lipinski definition) is 6. The number of rotatable bonds is 3. The zero-order valence-corrected chi connectivity index (χ0v) is 16.6. The highest BCUT2D eigenvalue weighted by Gasteiger charge is 2.59. The maximum absolute atomic E-state index is 12.7. The highest BCUT2D eigenvalue weighted by Crippen LogP contribution is 2.41. The second-order valence-electron chi connectivity index (χ2n) is 7.92. The van der Waals surface area contributed by atoms with Gasteiger partial charge >= 0.3 is 0 Å². The fraction of sp³-hybridized carbons (Fsp3) is 0.421. The summed E-state index contributed by atoms with van der Waals surface area (Å²) >= 11 is 6.06. The lowest BCUT2D eigenvalue weighted by Gasteiger charge is -2.57. The van der Waals surface area contributed by atoms with E-state index in [-0.39, 0.29) is 23.5 Å². The summed E-state index contributed by atoms with van der Waals surface area (Å²) in [5.41, 5.74) is 2.39. The number of hydrogen-bond donors (Lipinski definition) is 1. The summed E-state index contributed by atoms with van der Waals surface area (Å²) in [6, 6.07) is 6.13. The van der Waals surface area contributed by atoms with Crippen molar-refractivity contribution in [3.63, 3.8) is 0 Å². The third kappa shape index (κ3) is 2.95. The van der Waals surface area contributed by atoms with Crippen LogP contribution in [0.2, 0.25) is 5.02 Å². The number of halogens is 1. The molecular weight excluding hydrogens is 400 g/mol. The Bertz CT molecular complexity index is 1060. The average Bonchev–Trinajstić information content (AvgIpc) is 3.00. The number of likely N-dealkylation sites (tertiary alicyclic amines) is 1. The molecule has 0 radical (unpaired) electrons. The van der Waals surface area contributed by atoms with Gasteiger partial charge in [0, 0.05) is 30.0 Å². The van der Waals surface area contributed by atoms with E-state index in [0.29, 0.717) is 18.1 Å². The van der Waals surface area contributed by atoms with Crippen LogP contribution in [0.4, 0.5) is 5.95 Å². The summed E-state index contributed by atoms with van der Waals surface area (Å²) < 4.78 is 23.1. The SMILES string of the molecule is O=C(c1cnc(NC2Cc3ccc(Cl)cc3C2)nc1)N1CCC12CS(=O)(=O)C2. The van der Waals surface area contributed by atoms with Crippen molar-refractivity contribution in [2.45, 2.75) is 30.8 Å². The van der Waals surface area contributed by atoms with E-state index in [9.17, 15) is 13.2 Å². The molecule has 5 rings (SSSR count). The van der Waals surface area contributed by atoms with E-state index in [1.807, 2.05) is 18.2 Å². The molecule has 1 aromatic carbocycles. The van der Waals surface area contributed by atoms with Gasteiger partial charge in [0.2, 0.25) is 5.95 Å². The number of anilines is 1. The van der Waals surface area contributed by atoms with E-state index >= 15 is 0 Å².